The fraction of sp³-hybridized carbons (Fsp3) is 0.105. The molecular weight excluding hydrogens is 320 g/mol. The third kappa shape index (κ3) is 2.57. The third-order valence-corrected chi connectivity index (χ3v) is 4.31. The topological polar surface area (TPSA) is 92.4 Å². The van der Waals surface area contributed by atoms with E-state index in [9.17, 15) is 14.7 Å². The monoisotopic (exact) mass is 334 g/mol. The Labute approximate surface area is 142 Å². The summed E-state index contributed by atoms with van der Waals surface area (Å²) in [6, 6.07) is 11.2. The van der Waals surface area contributed by atoms with E-state index in [-0.39, 0.29) is 16.9 Å². The molecule has 4 rings (SSSR count). The Morgan fingerprint density at radius 3 is 2.80 bits per heavy atom. The van der Waals surface area contributed by atoms with Gasteiger partial charge in [-0.15, -0.1) is 0 Å². The third-order valence-electron chi connectivity index (χ3n) is 4.31. The van der Waals surface area contributed by atoms with Crippen molar-refractivity contribution in [3.05, 3.63) is 69.8 Å². The van der Waals surface area contributed by atoms with Crippen molar-refractivity contribution in [2.45, 2.75) is 13.0 Å². The summed E-state index contributed by atoms with van der Waals surface area (Å²) < 4.78 is 1.61. The maximum Gasteiger partial charge on any atom is 0.335 e. The Morgan fingerprint density at radius 1 is 1.20 bits per heavy atom. The number of hydrogen-bond acceptors (Lipinski definition) is 4. The highest BCUT2D eigenvalue weighted by Gasteiger charge is 2.21. The lowest BCUT2D eigenvalue weighted by atomic mass is 10.1. The molecule has 25 heavy (non-hydrogen) atoms. The van der Waals surface area contributed by atoms with Crippen LogP contribution in [0.2, 0.25) is 0 Å². The van der Waals surface area contributed by atoms with Crippen LogP contribution in [-0.2, 0) is 6.54 Å². The van der Waals surface area contributed by atoms with Gasteiger partial charge in [-0.2, -0.15) is 0 Å². The summed E-state index contributed by atoms with van der Waals surface area (Å²) >= 11 is 0. The smallest absolute Gasteiger partial charge is 0.335 e. The van der Waals surface area contributed by atoms with Gasteiger partial charge in [0.1, 0.15) is 11.6 Å². The van der Waals surface area contributed by atoms with Gasteiger partial charge in [0.25, 0.3) is 5.56 Å². The fourth-order valence-electron chi connectivity index (χ4n) is 3.10. The van der Waals surface area contributed by atoms with Crippen LogP contribution in [0.15, 0.2) is 47.3 Å². The maximum atomic E-state index is 12.7. The normalized spacial score (nSPS) is 14.8. The second-order valence-corrected chi connectivity index (χ2v) is 5.94. The lowest BCUT2D eigenvalue weighted by Crippen LogP contribution is -2.20. The van der Waals surface area contributed by atoms with Gasteiger partial charge in [0.15, 0.2) is 0 Å². The molecule has 0 spiro atoms. The first-order valence-electron chi connectivity index (χ1n) is 7.81. The lowest BCUT2D eigenvalue weighted by molar-refractivity contribution is 0.0697. The van der Waals surface area contributed by atoms with Crippen LogP contribution in [0, 0.1) is 0 Å². The first kappa shape index (κ1) is 15.1. The summed E-state index contributed by atoms with van der Waals surface area (Å²) in [5.74, 6) is -0.342. The van der Waals surface area contributed by atoms with E-state index < -0.39 is 5.97 Å². The highest BCUT2D eigenvalue weighted by Crippen LogP contribution is 2.28. The number of phenols is 1. The molecule has 2 N–H and O–H groups in total. The Morgan fingerprint density at radius 2 is 2.04 bits per heavy atom. The van der Waals surface area contributed by atoms with E-state index in [1.807, 2.05) is 12.1 Å². The van der Waals surface area contributed by atoms with Crippen LogP contribution in [0.1, 0.15) is 28.2 Å². The Hall–Kier alpha value is -3.41. The molecule has 0 unspecified atom stereocenters. The number of aromatic hydroxyl groups is 1. The van der Waals surface area contributed by atoms with Crippen molar-refractivity contribution < 1.29 is 15.0 Å². The van der Waals surface area contributed by atoms with E-state index in [0.29, 0.717) is 29.7 Å². The second kappa shape index (κ2) is 5.59. The van der Waals surface area contributed by atoms with Crippen LogP contribution < -0.4 is 5.56 Å². The molecule has 0 saturated heterocycles. The van der Waals surface area contributed by atoms with E-state index >= 15 is 0 Å². The summed E-state index contributed by atoms with van der Waals surface area (Å²) in [4.78, 5) is 28.3. The zero-order chi connectivity index (χ0) is 17.6. The van der Waals surface area contributed by atoms with E-state index in [4.69, 9.17) is 5.11 Å². The molecule has 6 heteroatoms. The molecule has 3 aromatic rings. The van der Waals surface area contributed by atoms with Crippen LogP contribution in [0.5, 0.6) is 5.75 Å². The van der Waals surface area contributed by atoms with Crippen LogP contribution in [0.25, 0.3) is 22.6 Å². The second-order valence-electron chi connectivity index (χ2n) is 5.94. The Bertz CT molecular complexity index is 1110. The number of rotatable bonds is 2. The van der Waals surface area contributed by atoms with E-state index in [0.717, 1.165) is 11.1 Å². The molecule has 2 heterocycles. The number of aromatic carboxylic acids is 1. The molecule has 0 amide bonds. The van der Waals surface area contributed by atoms with Crippen molar-refractivity contribution in [1.29, 1.82) is 0 Å². The number of carbonyl (C=O) groups is 1. The van der Waals surface area contributed by atoms with E-state index in [1.165, 1.54) is 18.2 Å². The molecule has 1 aliphatic rings. The van der Waals surface area contributed by atoms with Crippen molar-refractivity contribution in [3.8, 4) is 5.75 Å². The molecule has 1 aliphatic heterocycles. The molecule has 1 aromatic heterocycles. The minimum atomic E-state index is -1.06. The summed E-state index contributed by atoms with van der Waals surface area (Å²) in [5.41, 5.74) is 2.00. The Balaban J connectivity index is 1.90. The van der Waals surface area contributed by atoms with Gasteiger partial charge in [0, 0.05) is 6.54 Å². The number of hydrogen-bond donors (Lipinski definition) is 2. The van der Waals surface area contributed by atoms with Crippen molar-refractivity contribution in [2.75, 3.05) is 0 Å². The van der Waals surface area contributed by atoms with E-state index in [1.54, 1.807) is 22.8 Å². The van der Waals surface area contributed by atoms with Gasteiger partial charge in [-0.25, -0.2) is 9.78 Å². The molecule has 0 bridgehead atoms. The molecule has 6 nitrogen and oxygen atoms in total. The van der Waals surface area contributed by atoms with E-state index in [2.05, 4.69) is 4.98 Å². The minimum absolute atomic E-state index is 0.0980. The largest absolute Gasteiger partial charge is 0.508 e. The van der Waals surface area contributed by atoms with Gasteiger partial charge in [-0.3, -0.25) is 9.36 Å². The zero-order valence-electron chi connectivity index (χ0n) is 13.1. The van der Waals surface area contributed by atoms with Crippen molar-refractivity contribution in [1.82, 2.24) is 9.55 Å². The van der Waals surface area contributed by atoms with Gasteiger partial charge in [-0.1, -0.05) is 12.1 Å². The number of carboxylic acid groups (broad SMARTS) is 1. The predicted molar refractivity (Wildman–Crippen MR) is 93.6 cm³/mol. The standard InChI is InChI=1S/C19H14N2O4/c22-14-3-1-2-11(9-14)8-12-6-7-21-17(12)20-16-10-13(19(24)25)4-5-15(16)18(21)23/h1-5,8-10,22H,6-7H2,(H,24,25)/b12-8-. The lowest BCUT2D eigenvalue weighted by Gasteiger charge is -2.06. The van der Waals surface area contributed by atoms with Crippen molar-refractivity contribution in [2.24, 2.45) is 0 Å². The summed E-state index contributed by atoms with van der Waals surface area (Å²) in [6.45, 7) is 0.530. The summed E-state index contributed by atoms with van der Waals surface area (Å²) in [5, 5.41) is 19.1. The number of fused-ring (bicyclic) bond motifs is 2. The highest BCUT2D eigenvalue weighted by molar-refractivity contribution is 5.93. The fourth-order valence-corrected chi connectivity index (χ4v) is 3.10. The molecule has 0 atom stereocenters. The average Bonchev–Trinajstić information content (AvgIpc) is 2.97. The van der Waals surface area contributed by atoms with Crippen LogP contribution in [0.3, 0.4) is 0 Å². The average molecular weight is 334 g/mol. The molecule has 0 fully saturated rings. The number of phenolic OH excluding ortho intramolecular Hbond substituents is 1. The van der Waals surface area contributed by atoms with Gasteiger partial charge >= 0.3 is 5.97 Å². The van der Waals surface area contributed by atoms with Crippen molar-refractivity contribution in [3.63, 3.8) is 0 Å². The number of allylic oxidation sites excluding steroid dienone is 1. The quantitative estimate of drug-likeness (QED) is 0.752. The van der Waals surface area contributed by atoms with Gasteiger partial charge in [-0.05, 0) is 54.0 Å². The van der Waals surface area contributed by atoms with Gasteiger partial charge in [0.05, 0.1) is 16.5 Å². The van der Waals surface area contributed by atoms with Crippen LogP contribution >= 0.6 is 0 Å². The van der Waals surface area contributed by atoms with Crippen molar-refractivity contribution >= 4 is 28.5 Å². The highest BCUT2D eigenvalue weighted by atomic mass is 16.4. The van der Waals surface area contributed by atoms with Gasteiger partial charge in [0.2, 0.25) is 0 Å². The number of aromatic nitrogens is 2. The SMILES string of the molecule is O=C(O)c1ccc2c(=O)n3c(nc2c1)/C(=C\c1cccc(O)c1)CC3. The number of benzene rings is 2. The molecule has 0 aliphatic carbocycles. The number of carboxylic acids is 1. The number of nitrogens with zero attached hydrogens (tertiary/aromatic N) is 2. The first-order chi connectivity index (χ1) is 12.0. The van der Waals surface area contributed by atoms with Crippen LogP contribution in [-0.4, -0.2) is 25.7 Å². The molecule has 0 radical (unpaired) electrons. The first-order valence-corrected chi connectivity index (χ1v) is 7.81. The van der Waals surface area contributed by atoms with Gasteiger partial charge < -0.3 is 10.2 Å². The zero-order valence-corrected chi connectivity index (χ0v) is 13.1. The molecular formula is C19H14N2O4. The predicted octanol–water partition coefficient (Wildman–Crippen LogP) is 2.74. The molecule has 0 saturated carbocycles. The summed E-state index contributed by atoms with van der Waals surface area (Å²) in [6.07, 6.45) is 2.54. The minimum Gasteiger partial charge on any atom is -0.508 e. The molecule has 2 aromatic carbocycles. The maximum absolute atomic E-state index is 12.7. The summed E-state index contributed by atoms with van der Waals surface area (Å²) in [7, 11) is 0. The van der Waals surface area contributed by atoms with Crippen LogP contribution in [0.4, 0.5) is 0 Å². The Kier molecular flexibility index (Phi) is 3.39. The molecule has 124 valence electrons.